The Kier molecular flexibility index (Phi) is 7.02. The number of ether oxygens (including phenoxy) is 4. The van der Waals surface area contributed by atoms with E-state index < -0.39 is 47.7 Å². The van der Waals surface area contributed by atoms with Gasteiger partial charge >= 0.3 is 24.0 Å². The molecule has 0 aromatic rings. The van der Waals surface area contributed by atoms with Gasteiger partial charge in [0.25, 0.3) is 0 Å². The minimum Gasteiger partial charge on any atom is -0.469 e. The summed E-state index contributed by atoms with van der Waals surface area (Å²) in [6.45, 7) is 6.22. The molecule has 0 saturated heterocycles. The summed E-state index contributed by atoms with van der Waals surface area (Å²) in [4.78, 5) is 48.8. The van der Waals surface area contributed by atoms with Gasteiger partial charge in [-0.25, -0.2) is 15.0 Å². The molecule has 28 heavy (non-hydrogen) atoms. The number of hydrogen-bond acceptors (Lipinski definition) is 10. The number of carbonyl (C=O) groups is 4. The molecule has 0 aromatic carbocycles. The van der Waals surface area contributed by atoms with Gasteiger partial charge in [-0.05, 0) is 27.7 Å². The minimum atomic E-state index is -2.40. The minimum absolute atomic E-state index is 0.0282. The van der Waals surface area contributed by atoms with Gasteiger partial charge in [-0.1, -0.05) is 0 Å². The van der Waals surface area contributed by atoms with E-state index in [4.69, 9.17) is 4.74 Å². The largest absolute Gasteiger partial charge is 0.469 e. The van der Waals surface area contributed by atoms with Crippen LogP contribution in [0.2, 0.25) is 0 Å². The molecular weight excluding hydrogens is 376 g/mol. The lowest BCUT2D eigenvalue weighted by molar-refractivity contribution is -0.181. The third-order valence-electron chi connectivity index (χ3n) is 3.94. The maximum absolute atomic E-state index is 12.4. The number of hydrazine groups is 1. The normalized spacial score (nSPS) is 21.9. The van der Waals surface area contributed by atoms with Crippen molar-refractivity contribution in [2.75, 3.05) is 21.3 Å². The fourth-order valence-electron chi connectivity index (χ4n) is 2.82. The zero-order valence-corrected chi connectivity index (χ0v) is 16.9. The third kappa shape index (κ3) is 4.71. The second-order valence-corrected chi connectivity index (χ2v) is 7.03. The van der Waals surface area contributed by atoms with Gasteiger partial charge in [-0.15, -0.1) is 0 Å². The number of hydrogen-bond donors (Lipinski definition) is 2. The average Bonchev–Trinajstić information content (AvgIpc) is 2.80. The average molecular weight is 402 g/mol. The van der Waals surface area contributed by atoms with E-state index in [-0.39, 0.29) is 11.3 Å². The lowest BCUT2D eigenvalue weighted by atomic mass is 9.88. The SMILES string of the molecule is COC(=O)CC1(O)C(C(=O)OC)C(C(=O)OC)=C(C)N1NC(=O)OC(C)(C)C. The van der Waals surface area contributed by atoms with Crippen molar-refractivity contribution < 1.29 is 43.2 Å². The standard InChI is InChI=1S/C17H26N2O9/c1-9-11(13(21)26-6)12(14(22)27-7)17(24,8-10(20)25-5)19(9)18-15(23)28-16(2,3)4/h12,24H,8H2,1-7H3,(H,18,23). The summed E-state index contributed by atoms with van der Waals surface area (Å²) in [6, 6.07) is 0. The Balaban J connectivity index is 3.49. The van der Waals surface area contributed by atoms with E-state index in [1.165, 1.54) is 6.92 Å². The first-order valence-corrected chi connectivity index (χ1v) is 8.28. The van der Waals surface area contributed by atoms with Crippen LogP contribution in [0.4, 0.5) is 4.79 Å². The molecule has 2 atom stereocenters. The maximum atomic E-state index is 12.4. The number of amides is 1. The molecule has 11 nitrogen and oxygen atoms in total. The molecule has 0 bridgehead atoms. The summed E-state index contributed by atoms with van der Waals surface area (Å²) in [5.74, 6) is -4.50. The molecule has 0 aliphatic carbocycles. The van der Waals surface area contributed by atoms with Gasteiger partial charge in [-0.3, -0.25) is 14.6 Å². The van der Waals surface area contributed by atoms with Crippen molar-refractivity contribution in [3.8, 4) is 0 Å². The van der Waals surface area contributed by atoms with E-state index in [0.717, 1.165) is 26.3 Å². The van der Waals surface area contributed by atoms with Gasteiger partial charge < -0.3 is 24.1 Å². The zero-order chi connectivity index (χ0) is 21.9. The first-order chi connectivity index (χ1) is 12.8. The van der Waals surface area contributed by atoms with Crippen LogP contribution in [-0.4, -0.2) is 66.8 Å². The summed E-state index contributed by atoms with van der Waals surface area (Å²) >= 11 is 0. The van der Waals surface area contributed by atoms with Crippen LogP contribution in [0.1, 0.15) is 34.1 Å². The summed E-state index contributed by atoms with van der Waals surface area (Å²) in [6.07, 6.45) is -1.75. The number of esters is 3. The van der Waals surface area contributed by atoms with Gasteiger partial charge in [0.1, 0.15) is 11.5 Å². The van der Waals surface area contributed by atoms with E-state index >= 15 is 0 Å². The number of nitrogens with zero attached hydrogens (tertiary/aromatic N) is 1. The predicted octanol–water partition coefficient (Wildman–Crippen LogP) is 0.230. The zero-order valence-electron chi connectivity index (χ0n) is 16.9. The molecule has 0 radical (unpaired) electrons. The van der Waals surface area contributed by atoms with Gasteiger partial charge in [-0.2, -0.15) is 0 Å². The number of methoxy groups -OCH3 is 3. The van der Waals surface area contributed by atoms with Crippen molar-refractivity contribution in [2.45, 2.75) is 45.4 Å². The molecule has 1 aliphatic heterocycles. The van der Waals surface area contributed by atoms with Crippen molar-refractivity contribution in [3.63, 3.8) is 0 Å². The van der Waals surface area contributed by atoms with Crippen LogP contribution in [0.15, 0.2) is 11.3 Å². The van der Waals surface area contributed by atoms with Gasteiger partial charge in [0, 0.05) is 5.70 Å². The highest BCUT2D eigenvalue weighted by atomic mass is 16.6. The molecule has 0 aromatic heterocycles. The molecule has 1 aliphatic rings. The van der Waals surface area contributed by atoms with Gasteiger partial charge in [0.2, 0.25) is 0 Å². The third-order valence-corrected chi connectivity index (χ3v) is 3.94. The monoisotopic (exact) mass is 402 g/mol. The number of allylic oxidation sites excluding steroid dienone is 1. The fourth-order valence-corrected chi connectivity index (χ4v) is 2.82. The van der Waals surface area contributed by atoms with E-state index in [0.29, 0.717) is 0 Å². The summed E-state index contributed by atoms with van der Waals surface area (Å²) in [5.41, 5.74) is -1.31. The van der Waals surface area contributed by atoms with Crippen LogP contribution in [0.5, 0.6) is 0 Å². The number of carbonyl (C=O) groups excluding carboxylic acids is 4. The highest BCUT2D eigenvalue weighted by Gasteiger charge is 2.59. The van der Waals surface area contributed by atoms with Crippen molar-refractivity contribution in [1.82, 2.24) is 10.4 Å². The van der Waals surface area contributed by atoms with Crippen LogP contribution in [0, 0.1) is 5.92 Å². The summed E-state index contributed by atoms with van der Waals surface area (Å²) < 4.78 is 19.1. The molecular formula is C17H26N2O9. The highest BCUT2D eigenvalue weighted by Crippen LogP contribution is 2.43. The maximum Gasteiger partial charge on any atom is 0.426 e. The van der Waals surface area contributed by atoms with E-state index in [1.807, 2.05) is 0 Å². The molecule has 2 N–H and O–H groups in total. The lowest BCUT2D eigenvalue weighted by Gasteiger charge is -2.38. The van der Waals surface area contributed by atoms with E-state index in [1.54, 1.807) is 20.8 Å². The second-order valence-electron chi connectivity index (χ2n) is 7.03. The Hall–Kier alpha value is -2.82. The predicted molar refractivity (Wildman–Crippen MR) is 93.0 cm³/mol. The molecule has 1 amide bonds. The molecule has 0 saturated carbocycles. The van der Waals surface area contributed by atoms with Crippen molar-refractivity contribution in [1.29, 1.82) is 0 Å². The molecule has 1 rings (SSSR count). The number of rotatable bonds is 5. The van der Waals surface area contributed by atoms with Crippen LogP contribution in [-0.2, 0) is 33.3 Å². The van der Waals surface area contributed by atoms with Gasteiger partial charge in [0.15, 0.2) is 5.72 Å². The van der Waals surface area contributed by atoms with E-state index in [2.05, 4.69) is 19.6 Å². The fraction of sp³-hybridized carbons (Fsp3) is 0.647. The van der Waals surface area contributed by atoms with Crippen LogP contribution in [0.3, 0.4) is 0 Å². The second kappa shape index (κ2) is 8.46. The van der Waals surface area contributed by atoms with Crippen LogP contribution in [0.25, 0.3) is 0 Å². The number of nitrogens with one attached hydrogen (secondary N) is 1. The lowest BCUT2D eigenvalue weighted by Crippen LogP contribution is -2.59. The molecule has 0 spiro atoms. The Morgan fingerprint density at radius 3 is 2.11 bits per heavy atom. The Morgan fingerprint density at radius 1 is 1.11 bits per heavy atom. The van der Waals surface area contributed by atoms with Crippen molar-refractivity contribution in [3.05, 3.63) is 11.3 Å². The molecule has 0 fully saturated rings. The number of aliphatic hydroxyl groups is 1. The van der Waals surface area contributed by atoms with Crippen molar-refractivity contribution in [2.24, 2.45) is 5.92 Å². The summed E-state index contributed by atoms with van der Waals surface area (Å²) in [7, 11) is 3.22. The first kappa shape index (κ1) is 23.2. The Labute approximate surface area is 162 Å². The van der Waals surface area contributed by atoms with Crippen LogP contribution >= 0.6 is 0 Å². The van der Waals surface area contributed by atoms with Gasteiger partial charge in [0.05, 0.1) is 33.3 Å². The Bertz CT molecular complexity index is 695. The highest BCUT2D eigenvalue weighted by molar-refractivity contribution is 5.98. The summed E-state index contributed by atoms with van der Waals surface area (Å²) in [5, 5.41) is 12.1. The molecule has 158 valence electrons. The van der Waals surface area contributed by atoms with E-state index in [9.17, 15) is 24.3 Å². The van der Waals surface area contributed by atoms with Crippen LogP contribution < -0.4 is 5.43 Å². The Morgan fingerprint density at radius 2 is 1.68 bits per heavy atom. The van der Waals surface area contributed by atoms with Crippen molar-refractivity contribution >= 4 is 24.0 Å². The quantitative estimate of drug-likeness (QED) is 0.485. The topological polar surface area (TPSA) is 141 Å². The molecule has 11 heteroatoms. The first-order valence-electron chi connectivity index (χ1n) is 8.28. The molecule has 2 unspecified atom stereocenters. The smallest absolute Gasteiger partial charge is 0.426 e. The molecule has 1 heterocycles.